The Bertz CT molecular complexity index is 1260. The molecule has 33 heavy (non-hydrogen) atoms. The van der Waals surface area contributed by atoms with E-state index in [1.807, 2.05) is 24.3 Å². The second kappa shape index (κ2) is 10.3. The van der Waals surface area contributed by atoms with E-state index >= 15 is 0 Å². The lowest BCUT2D eigenvalue weighted by atomic mass is 10.1. The fourth-order valence-corrected chi connectivity index (χ4v) is 2.52. The summed E-state index contributed by atoms with van der Waals surface area (Å²) < 4.78 is 0. The molecule has 0 atom stereocenters. The minimum absolute atomic E-state index is 0.118. The molecule has 0 saturated carbocycles. The third-order valence-corrected chi connectivity index (χ3v) is 4.20. The van der Waals surface area contributed by atoms with Crippen LogP contribution < -0.4 is 0 Å². The van der Waals surface area contributed by atoms with E-state index in [1.165, 1.54) is 12.1 Å². The molecular formula is C28H21O5. The zero-order chi connectivity index (χ0) is 23.8. The number of carbonyl (C=O) groups is 2. The average molecular weight is 437 g/mol. The van der Waals surface area contributed by atoms with Gasteiger partial charge in [0, 0.05) is 22.3 Å². The SMILES string of the molecule is CC(C)(C)OOC(=O)c1ccc(C#Cc2ccc(C#Cc3ccc(C([O])=O)cc3)cc2)cc1. The Morgan fingerprint density at radius 3 is 1.27 bits per heavy atom. The summed E-state index contributed by atoms with van der Waals surface area (Å²) in [6.45, 7) is 5.37. The normalized spacial score (nSPS) is 10.3. The molecule has 0 heterocycles. The number of hydrogen-bond donors (Lipinski definition) is 0. The molecule has 0 saturated heterocycles. The van der Waals surface area contributed by atoms with E-state index in [-0.39, 0.29) is 5.56 Å². The standard InChI is InChI=1S/C28H21O5/c1-28(2,3)33-32-27(31)25-18-14-23(15-19-25)11-9-21-6-4-20(5-7-21)8-10-22-12-16-24(17-13-22)26(29)30/h4-7,12-19H,1-3H3. The number of hydrogen-bond acceptors (Lipinski definition) is 4. The Kier molecular flexibility index (Phi) is 7.31. The molecule has 3 aromatic carbocycles. The Hall–Kier alpha value is -4.32. The quantitative estimate of drug-likeness (QED) is 0.330. The maximum Gasteiger partial charge on any atom is 0.386 e. The van der Waals surface area contributed by atoms with Crippen LogP contribution in [0.2, 0.25) is 0 Å². The van der Waals surface area contributed by atoms with Crippen molar-refractivity contribution in [2.45, 2.75) is 26.4 Å². The van der Waals surface area contributed by atoms with E-state index in [9.17, 15) is 14.7 Å². The Labute approximate surface area is 192 Å². The maximum absolute atomic E-state index is 12.0. The van der Waals surface area contributed by atoms with Crippen LogP contribution in [-0.4, -0.2) is 17.5 Å². The van der Waals surface area contributed by atoms with Gasteiger partial charge in [-0.2, -0.15) is 4.89 Å². The molecule has 3 aromatic rings. The highest BCUT2D eigenvalue weighted by atomic mass is 17.2. The molecule has 5 heteroatoms. The minimum atomic E-state index is -1.21. The summed E-state index contributed by atoms with van der Waals surface area (Å²) in [6.07, 6.45) is 0. The summed E-state index contributed by atoms with van der Waals surface area (Å²) in [5.41, 5.74) is 3.02. The molecule has 0 spiro atoms. The molecule has 163 valence electrons. The first-order valence-corrected chi connectivity index (χ1v) is 10.2. The van der Waals surface area contributed by atoms with Gasteiger partial charge in [-0.15, -0.1) is 0 Å². The van der Waals surface area contributed by atoms with Crippen LogP contribution in [0.25, 0.3) is 0 Å². The summed E-state index contributed by atoms with van der Waals surface area (Å²) in [6, 6.07) is 20.4. The molecule has 1 radical (unpaired) electrons. The maximum atomic E-state index is 12.0. The van der Waals surface area contributed by atoms with Crippen LogP contribution in [-0.2, 0) is 14.9 Å². The van der Waals surface area contributed by atoms with Gasteiger partial charge in [-0.3, -0.25) is 4.89 Å². The van der Waals surface area contributed by atoms with Gasteiger partial charge in [0.05, 0.1) is 11.1 Å². The first-order chi connectivity index (χ1) is 15.7. The van der Waals surface area contributed by atoms with Crippen molar-refractivity contribution < 1.29 is 24.5 Å². The number of benzene rings is 3. The van der Waals surface area contributed by atoms with E-state index in [2.05, 4.69) is 23.7 Å². The van der Waals surface area contributed by atoms with E-state index in [4.69, 9.17) is 9.78 Å². The van der Waals surface area contributed by atoms with E-state index < -0.39 is 17.5 Å². The highest BCUT2D eigenvalue weighted by molar-refractivity contribution is 5.89. The first-order valence-electron chi connectivity index (χ1n) is 10.2. The van der Waals surface area contributed by atoms with Crippen molar-refractivity contribution in [3.8, 4) is 23.7 Å². The summed E-state index contributed by atoms with van der Waals surface area (Å²) in [7, 11) is 0. The molecule has 0 fully saturated rings. The summed E-state index contributed by atoms with van der Waals surface area (Å²) >= 11 is 0. The van der Waals surface area contributed by atoms with Gasteiger partial charge in [-0.1, -0.05) is 23.7 Å². The topological polar surface area (TPSA) is 72.5 Å². The zero-order valence-corrected chi connectivity index (χ0v) is 18.5. The lowest BCUT2D eigenvalue weighted by Gasteiger charge is -2.16. The largest absolute Gasteiger partial charge is 0.386 e. The van der Waals surface area contributed by atoms with Crippen LogP contribution in [0, 0.1) is 23.7 Å². The van der Waals surface area contributed by atoms with Crippen molar-refractivity contribution in [1.82, 2.24) is 0 Å². The Morgan fingerprint density at radius 1 is 0.606 bits per heavy atom. The third kappa shape index (κ3) is 7.40. The van der Waals surface area contributed by atoms with Crippen molar-refractivity contribution in [3.63, 3.8) is 0 Å². The highest BCUT2D eigenvalue weighted by Gasteiger charge is 2.16. The third-order valence-electron chi connectivity index (χ3n) is 4.20. The van der Waals surface area contributed by atoms with Gasteiger partial charge in [0.1, 0.15) is 5.60 Å². The molecule has 0 aromatic heterocycles. The lowest BCUT2D eigenvalue weighted by Crippen LogP contribution is -2.21. The van der Waals surface area contributed by atoms with Crippen LogP contribution >= 0.6 is 0 Å². The highest BCUT2D eigenvalue weighted by Crippen LogP contribution is 2.11. The fourth-order valence-electron chi connectivity index (χ4n) is 2.52. The van der Waals surface area contributed by atoms with Crippen LogP contribution in [0.5, 0.6) is 0 Å². The summed E-state index contributed by atoms with van der Waals surface area (Å²) in [5.74, 6) is 10.4. The average Bonchev–Trinajstić information content (AvgIpc) is 2.80. The van der Waals surface area contributed by atoms with Gasteiger partial charge in [0.15, 0.2) is 0 Å². The van der Waals surface area contributed by atoms with Gasteiger partial charge < -0.3 is 0 Å². The number of carbonyl (C=O) groups excluding carboxylic acids is 2. The van der Waals surface area contributed by atoms with E-state index in [0.717, 1.165) is 16.7 Å². The van der Waals surface area contributed by atoms with Gasteiger partial charge in [-0.25, -0.2) is 14.7 Å². The molecule has 0 bridgehead atoms. The Balaban J connectivity index is 1.61. The Morgan fingerprint density at radius 2 is 0.939 bits per heavy atom. The van der Waals surface area contributed by atoms with Crippen molar-refractivity contribution in [2.75, 3.05) is 0 Å². The van der Waals surface area contributed by atoms with Crippen LogP contribution in [0.3, 0.4) is 0 Å². The van der Waals surface area contributed by atoms with E-state index in [0.29, 0.717) is 11.1 Å². The summed E-state index contributed by atoms with van der Waals surface area (Å²) in [4.78, 5) is 32.6. The second-order valence-electron chi connectivity index (χ2n) is 8.09. The lowest BCUT2D eigenvalue weighted by molar-refractivity contribution is -0.301. The molecule has 0 aliphatic carbocycles. The molecule has 0 unspecified atom stereocenters. The summed E-state index contributed by atoms with van der Waals surface area (Å²) in [5, 5.41) is 10.8. The molecule has 0 aliphatic rings. The van der Waals surface area contributed by atoms with Gasteiger partial charge in [0.25, 0.3) is 0 Å². The predicted octanol–water partition coefficient (Wildman–Crippen LogP) is 4.94. The van der Waals surface area contributed by atoms with Crippen LogP contribution in [0.4, 0.5) is 0 Å². The van der Waals surface area contributed by atoms with Crippen LogP contribution in [0.1, 0.15) is 63.7 Å². The predicted molar refractivity (Wildman–Crippen MR) is 123 cm³/mol. The van der Waals surface area contributed by atoms with E-state index in [1.54, 1.807) is 57.2 Å². The minimum Gasteiger partial charge on any atom is -0.292 e. The fraction of sp³-hybridized carbons (Fsp3) is 0.143. The van der Waals surface area contributed by atoms with Gasteiger partial charge >= 0.3 is 11.9 Å². The van der Waals surface area contributed by atoms with Gasteiger partial charge in [0.2, 0.25) is 0 Å². The second-order valence-corrected chi connectivity index (χ2v) is 8.09. The first kappa shape index (κ1) is 23.3. The zero-order valence-electron chi connectivity index (χ0n) is 18.5. The monoisotopic (exact) mass is 437 g/mol. The molecule has 0 N–H and O–H groups in total. The smallest absolute Gasteiger partial charge is 0.292 e. The molecular weight excluding hydrogens is 416 g/mol. The molecule has 5 nitrogen and oxygen atoms in total. The molecule has 3 rings (SSSR count). The molecule has 0 aliphatic heterocycles. The van der Waals surface area contributed by atoms with Crippen molar-refractivity contribution in [3.05, 3.63) is 106 Å². The van der Waals surface area contributed by atoms with Gasteiger partial charge in [-0.05, 0) is 93.6 Å². The molecule has 0 amide bonds. The van der Waals surface area contributed by atoms with Crippen molar-refractivity contribution in [1.29, 1.82) is 0 Å². The van der Waals surface area contributed by atoms with Crippen molar-refractivity contribution in [2.24, 2.45) is 0 Å². The van der Waals surface area contributed by atoms with Crippen molar-refractivity contribution >= 4 is 11.9 Å². The van der Waals surface area contributed by atoms with Crippen LogP contribution in [0.15, 0.2) is 72.8 Å². The number of rotatable bonds is 3.